The van der Waals surface area contributed by atoms with Gasteiger partial charge < -0.3 is 5.32 Å². The first kappa shape index (κ1) is 11.9. The van der Waals surface area contributed by atoms with Crippen molar-refractivity contribution in [2.45, 2.75) is 11.8 Å². The van der Waals surface area contributed by atoms with E-state index in [9.17, 15) is 4.91 Å². The Kier molecular flexibility index (Phi) is 3.18. The molecule has 18 heavy (non-hydrogen) atoms. The quantitative estimate of drug-likeness (QED) is 0.845. The van der Waals surface area contributed by atoms with Crippen LogP contribution in [0.4, 0.5) is 0 Å². The predicted octanol–water partition coefficient (Wildman–Crippen LogP) is 3.27. The van der Waals surface area contributed by atoms with Crippen molar-refractivity contribution in [3.8, 4) is 0 Å². The first-order valence-electron chi connectivity index (χ1n) is 5.76. The molecule has 0 amide bonds. The van der Waals surface area contributed by atoms with E-state index in [-0.39, 0.29) is 5.37 Å². The number of nitrogens with zero attached hydrogens (tertiary/aromatic N) is 2. The summed E-state index contributed by atoms with van der Waals surface area (Å²) in [5.41, 5.74) is 2.31. The maximum atomic E-state index is 10.6. The van der Waals surface area contributed by atoms with Crippen molar-refractivity contribution < 1.29 is 0 Å². The molecule has 0 aliphatic carbocycles. The van der Waals surface area contributed by atoms with Gasteiger partial charge in [0.1, 0.15) is 5.37 Å². The highest BCUT2D eigenvalue weighted by Gasteiger charge is 2.30. The third-order valence-corrected chi connectivity index (χ3v) is 4.76. The van der Waals surface area contributed by atoms with Gasteiger partial charge in [-0.2, -0.15) is 0 Å². The molecular formula is C12H12ClN3OS. The van der Waals surface area contributed by atoms with E-state index in [0.717, 1.165) is 17.0 Å². The molecule has 2 heterocycles. The molecule has 94 valence electrons. The number of halogens is 1. The Morgan fingerprint density at radius 3 is 3.06 bits per heavy atom. The van der Waals surface area contributed by atoms with Gasteiger partial charge in [0.25, 0.3) is 0 Å². The Morgan fingerprint density at radius 2 is 2.28 bits per heavy atom. The number of nitroso groups, excluding NO2 is 1. The molecule has 6 heteroatoms. The number of hydrogen-bond donors (Lipinski definition) is 1. The van der Waals surface area contributed by atoms with Gasteiger partial charge in [-0.05, 0) is 6.07 Å². The van der Waals surface area contributed by atoms with Crippen LogP contribution in [0.5, 0.6) is 0 Å². The molecular weight excluding hydrogens is 270 g/mol. The van der Waals surface area contributed by atoms with Gasteiger partial charge in [-0.3, -0.25) is 5.01 Å². The average Bonchev–Trinajstić information content (AvgIpc) is 2.81. The zero-order chi connectivity index (χ0) is 12.5. The van der Waals surface area contributed by atoms with Crippen molar-refractivity contribution in [3.05, 3.63) is 50.4 Å². The Morgan fingerprint density at radius 1 is 1.44 bits per heavy atom. The van der Waals surface area contributed by atoms with Crippen molar-refractivity contribution in [1.82, 2.24) is 10.3 Å². The van der Waals surface area contributed by atoms with Crippen LogP contribution < -0.4 is 5.32 Å². The fourth-order valence-electron chi connectivity index (χ4n) is 2.21. The smallest absolute Gasteiger partial charge is 0.104 e. The van der Waals surface area contributed by atoms with Crippen LogP contribution in [0.2, 0.25) is 5.02 Å². The normalized spacial score (nSPS) is 22.7. The minimum absolute atomic E-state index is 0.148. The Bertz CT molecular complexity index is 520. The number of hydrogen-bond acceptors (Lipinski definition) is 4. The molecule has 1 atom stereocenters. The van der Waals surface area contributed by atoms with E-state index in [4.69, 9.17) is 11.6 Å². The van der Waals surface area contributed by atoms with Crippen LogP contribution in [0.3, 0.4) is 0 Å². The lowest BCUT2D eigenvalue weighted by atomic mass is 10.2. The van der Waals surface area contributed by atoms with Gasteiger partial charge in [-0.1, -0.05) is 41.6 Å². The number of rotatable bonds is 2. The summed E-state index contributed by atoms with van der Waals surface area (Å²) in [5, 5.41) is 8.97. The number of benzene rings is 1. The summed E-state index contributed by atoms with van der Waals surface area (Å²) in [7, 11) is 0. The van der Waals surface area contributed by atoms with E-state index >= 15 is 0 Å². The fourth-order valence-corrected chi connectivity index (χ4v) is 3.86. The Hall–Kier alpha value is -1.20. The van der Waals surface area contributed by atoms with Gasteiger partial charge in [-0.25, -0.2) is 0 Å². The molecule has 0 radical (unpaired) electrons. The van der Waals surface area contributed by atoms with Gasteiger partial charge in [-0.15, -0.1) is 4.91 Å². The van der Waals surface area contributed by atoms with Crippen LogP contribution in [-0.4, -0.2) is 18.1 Å². The molecule has 1 unspecified atom stereocenters. The van der Waals surface area contributed by atoms with Crippen LogP contribution in [0.1, 0.15) is 17.4 Å². The van der Waals surface area contributed by atoms with Gasteiger partial charge in [0.15, 0.2) is 0 Å². The maximum Gasteiger partial charge on any atom is 0.104 e. The second-order valence-corrected chi connectivity index (χ2v) is 5.89. The summed E-state index contributed by atoms with van der Waals surface area (Å²) >= 11 is 7.93. The molecule has 0 fully saturated rings. The minimum atomic E-state index is 0.148. The van der Waals surface area contributed by atoms with Gasteiger partial charge in [0, 0.05) is 34.2 Å². The molecule has 2 aliphatic rings. The van der Waals surface area contributed by atoms with Crippen molar-refractivity contribution in [3.63, 3.8) is 0 Å². The van der Waals surface area contributed by atoms with E-state index in [1.807, 2.05) is 24.3 Å². The van der Waals surface area contributed by atoms with Crippen LogP contribution in [0, 0.1) is 4.91 Å². The fraction of sp³-hybridized carbons (Fsp3) is 0.333. The molecule has 4 nitrogen and oxygen atoms in total. The third-order valence-electron chi connectivity index (χ3n) is 3.15. The van der Waals surface area contributed by atoms with E-state index in [2.05, 4.69) is 10.6 Å². The van der Waals surface area contributed by atoms with E-state index < -0.39 is 0 Å². The van der Waals surface area contributed by atoms with E-state index in [1.165, 1.54) is 10.6 Å². The minimum Gasteiger partial charge on any atom is -0.372 e. The average molecular weight is 282 g/mol. The zero-order valence-electron chi connectivity index (χ0n) is 9.60. The lowest BCUT2D eigenvalue weighted by molar-refractivity contribution is 0.300. The molecule has 1 aromatic carbocycles. The lowest BCUT2D eigenvalue weighted by Crippen LogP contribution is -2.27. The molecule has 1 aromatic rings. The summed E-state index contributed by atoms with van der Waals surface area (Å²) in [5.74, 6) is 0. The molecule has 0 saturated carbocycles. The highest BCUT2D eigenvalue weighted by Crippen LogP contribution is 2.44. The molecule has 0 saturated heterocycles. The second-order valence-electron chi connectivity index (χ2n) is 4.29. The maximum absolute atomic E-state index is 10.6. The summed E-state index contributed by atoms with van der Waals surface area (Å²) in [6, 6.07) is 7.84. The summed E-state index contributed by atoms with van der Waals surface area (Å²) in [4.78, 5) is 11.8. The van der Waals surface area contributed by atoms with Crippen molar-refractivity contribution in [2.75, 3.05) is 13.1 Å². The van der Waals surface area contributed by atoms with Crippen LogP contribution >= 0.6 is 23.4 Å². The van der Waals surface area contributed by atoms with Crippen molar-refractivity contribution >= 4 is 23.4 Å². The molecule has 3 rings (SSSR count). The highest BCUT2D eigenvalue weighted by atomic mass is 35.5. The third kappa shape index (κ3) is 2.08. The highest BCUT2D eigenvalue weighted by molar-refractivity contribution is 8.03. The largest absolute Gasteiger partial charge is 0.372 e. The standard InChI is InChI=1S/C12H12ClN3OS/c13-9-4-2-1-3-8(9)12-14-10-5-6-16(15-17)7-11(10)18-12/h1-4,12,14H,5-7H2. The van der Waals surface area contributed by atoms with Crippen LogP contribution in [0.25, 0.3) is 0 Å². The number of thioether (sulfide) groups is 1. The second kappa shape index (κ2) is 4.82. The van der Waals surface area contributed by atoms with Crippen LogP contribution in [0.15, 0.2) is 40.2 Å². The first-order chi connectivity index (χ1) is 8.78. The summed E-state index contributed by atoms with van der Waals surface area (Å²) in [6.07, 6.45) is 0.842. The summed E-state index contributed by atoms with van der Waals surface area (Å²) < 4.78 is 0. The Labute approximate surface area is 114 Å². The molecule has 0 aromatic heterocycles. The first-order valence-corrected chi connectivity index (χ1v) is 7.01. The lowest BCUT2D eigenvalue weighted by Gasteiger charge is -2.21. The van der Waals surface area contributed by atoms with E-state index in [1.54, 1.807) is 16.8 Å². The predicted molar refractivity (Wildman–Crippen MR) is 73.9 cm³/mol. The Balaban J connectivity index is 1.79. The topological polar surface area (TPSA) is 44.7 Å². The molecule has 1 N–H and O–H groups in total. The monoisotopic (exact) mass is 281 g/mol. The number of nitrogens with one attached hydrogen (secondary N) is 1. The SMILES string of the molecule is O=NN1CCC2=C(C1)SC(c1ccccc1Cl)N2. The van der Waals surface area contributed by atoms with Gasteiger partial charge >= 0.3 is 0 Å². The van der Waals surface area contributed by atoms with E-state index in [0.29, 0.717) is 13.1 Å². The van der Waals surface area contributed by atoms with Crippen LogP contribution in [-0.2, 0) is 0 Å². The van der Waals surface area contributed by atoms with Crippen molar-refractivity contribution in [1.29, 1.82) is 0 Å². The molecule has 2 aliphatic heterocycles. The zero-order valence-corrected chi connectivity index (χ0v) is 11.2. The molecule has 0 bridgehead atoms. The van der Waals surface area contributed by atoms with Gasteiger partial charge in [0.05, 0.1) is 11.8 Å². The van der Waals surface area contributed by atoms with Gasteiger partial charge in [0.2, 0.25) is 0 Å². The van der Waals surface area contributed by atoms with Crippen molar-refractivity contribution in [2.24, 2.45) is 5.29 Å². The summed E-state index contributed by atoms with van der Waals surface area (Å²) in [6.45, 7) is 1.29. The molecule has 0 spiro atoms.